The van der Waals surface area contributed by atoms with Crippen LogP contribution in [0.3, 0.4) is 0 Å². The number of hydrogen-bond donors (Lipinski definition) is 1. The zero-order valence-electron chi connectivity index (χ0n) is 16.8. The lowest BCUT2D eigenvalue weighted by molar-refractivity contribution is 0.284. The highest BCUT2D eigenvalue weighted by atomic mass is 35.5. The standard InChI is InChI=1S/C24H26FNO2.ClH/c1-18-4-3-5-21(14-18)17-28-23-11-8-20(15-24(23)27-2)16-26-13-12-19-6-9-22(25)10-7-19;/h3-11,14-15,26H,12-13,16-17H2,1-2H3;1H. The number of aryl methyl sites for hydroxylation is 1. The fraction of sp³-hybridized carbons (Fsp3) is 0.250. The minimum absolute atomic E-state index is 0. The molecule has 29 heavy (non-hydrogen) atoms. The first-order valence-corrected chi connectivity index (χ1v) is 9.44. The second-order valence-electron chi connectivity index (χ2n) is 6.82. The molecule has 0 atom stereocenters. The highest BCUT2D eigenvalue weighted by Crippen LogP contribution is 2.29. The molecular formula is C24H27ClFNO2. The molecular weight excluding hydrogens is 389 g/mol. The van der Waals surface area contributed by atoms with Crippen LogP contribution in [0.25, 0.3) is 0 Å². The Morgan fingerprint density at radius 3 is 2.34 bits per heavy atom. The summed E-state index contributed by atoms with van der Waals surface area (Å²) in [5.41, 5.74) is 4.59. The third kappa shape index (κ3) is 7.08. The average Bonchev–Trinajstić information content (AvgIpc) is 2.71. The maximum Gasteiger partial charge on any atom is 0.161 e. The van der Waals surface area contributed by atoms with Gasteiger partial charge in [0, 0.05) is 6.54 Å². The highest BCUT2D eigenvalue weighted by molar-refractivity contribution is 5.85. The summed E-state index contributed by atoms with van der Waals surface area (Å²) in [7, 11) is 1.65. The van der Waals surface area contributed by atoms with Gasteiger partial charge in [-0.1, -0.05) is 48.0 Å². The van der Waals surface area contributed by atoms with E-state index in [0.29, 0.717) is 6.61 Å². The summed E-state index contributed by atoms with van der Waals surface area (Å²) >= 11 is 0. The van der Waals surface area contributed by atoms with Crippen molar-refractivity contribution >= 4 is 12.4 Å². The van der Waals surface area contributed by atoms with Crippen LogP contribution in [-0.2, 0) is 19.6 Å². The second-order valence-corrected chi connectivity index (χ2v) is 6.82. The van der Waals surface area contributed by atoms with Gasteiger partial charge in [-0.3, -0.25) is 0 Å². The van der Waals surface area contributed by atoms with Crippen LogP contribution in [0, 0.1) is 12.7 Å². The Balaban J connectivity index is 0.00000300. The molecule has 0 aliphatic heterocycles. The molecule has 0 heterocycles. The number of benzene rings is 3. The fourth-order valence-electron chi connectivity index (χ4n) is 3.02. The summed E-state index contributed by atoms with van der Waals surface area (Å²) in [4.78, 5) is 0. The van der Waals surface area contributed by atoms with Gasteiger partial charge in [-0.15, -0.1) is 12.4 Å². The molecule has 3 aromatic carbocycles. The number of nitrogens with one attached hydrogen (secondary N) is 1. The number of halogens is 2. The SMILES string of the molecule is COc1cc(CNCCc2ccc(F)cc2)ccc1OCc1cccc(C)c1.Cl. The first-order chi connectivity index (χ1) is 13.6. The van der Waals surface area contributed by atoms with E-state index in [9.17, 15) is 4.39 Å². The highest BCUT2D eigenvalue weighted by Gasteiger charge is 2.07. The molecule has 1 N–H and O–H groups in total. The zero-order valence-corrected chi connectivity index (χ0v) is 17.6. The van der Waals surface area contributed by atoms with Gasteiger partial charge in [0.1, 0.15) is 12.4 Å². The van der Waals surface area contributed by atoms with E-state index in [2.05, 4.69) is 30.4 Å². The molecule has 0 saturated carbocycles. The maximum atomic E-state index is 12.9. The minimum Gasteiger partial charge on any atom is -0.493 e. The Morgan fingerprint density at radius 2 is 1.62 bits per heavy atom. The van der Waals surface area contributed by atoms with E-state index in [1.165, 1.54) is 17.7 Å². The molecule has 3 aromatic rings. The summed E-state index contributed by atoms with van der Waals surface area (Å²) in [5, 5.41) is 3.41. The van der Waals surface area contributed by atoms with Crippen LogP contribution in [-0.4, -0.2) is 13.7 Å². The van der Waals surface area contributed by atoms with Crippen LogP contribution in [0.5, 0.6) is 11.5 Å². The van der Waals surface area contributed by atoms with Gasteiger partial charge in [0.05, 0.1) is 7.11 Å². The van der Waals surface area contributed by atoms with Crippen molar-refractivity contribution in [2.45, 2.75) is 26.5 Å². The minimum atomic E-state index is -0.200. The molecule has 0 aliphatic carbocycles. The van der Waals surface area contributed by atoms with Crippen molar-refractivity contribution in [2.75, 3.05) is 13.7 Å². The van der Waals surface area contributed by atoms with Crippen molar-refractivity contribution in [3.63, 3.8) is 0 Å². The molecule has 0 saturated heterocycles. The molecule has 5 heteroatoms. The van der Waals surface area contributed by atoms with Crippen molar-refractivity contribution in [2.24, 2.45) is 0 Å². The van der Waals surface area contributed by atoms with Crippen LogP contribution in [0.2, 0.25) is 0 Å². The summed E-state index contributed by atoms with van der Waals surface area (Å²) in [6.07, 6.45) is 0.856. The Labute approximate surface area is 178 Å². The fourth-order valence-corrected chi connectivity index (χ4v) is 3.02. The largest absolute Gasteiger partial charge is 0.493 e. The van der Waals surface area contributed by atoms with Gasteiger partial charge < -0.3 is 14.8 Å². The molecule has 154 valence electrons. The van der Waals surface area contributed by atoms with E-state index in [1.807, 2.05) is 36.4 Å². The molecule has 3 rings (SSSR count). The monoisotopic (exact) mass is 415 g/mol. The van der Waals surface area contributed by atoms with E-state index >= 15 is 0 Å². The van der Waals surface area contributed by atoms with Crippen LogP contribution < -0.4 is 14.8 Å². The number of rotatable bonds is 9. The number of methoxy groups -OCH3 is 1. The summed E-state index contributed by atoms with van der Waals surface area (Å²) < 4.78 is 24.4. The average molecular weight is 416 g/mol. The van der Waals surface area contributed by atoms with Gasteiger partial charge in [-0.2, -0.15) is 0 Å². The van der Waals surface area contributed by atoms with Gasteiger partial charge >= 0.3 is 0 Å². The van der Waals surface area contributed by atoms with Crippen molar-refractivity contribution < 1.29 is 13.9 Å². The quantitative estimate of drug-likeness (QED) is 0.469. The third-order valence-electron chi connectivity index (χ3n) is 4.54. The first-order valence-electron chi connectivity index (χ1n) is 9.44. The van der Waals surface area contributed by atoms with Gasteiger partial charge in [-0.05, 0) is 60.8 Å². The van der Waals surface area contributed by atoms with Gasteiger partial charge in [0.2, 0.25) is 0 Å². The Bertz CT molecular complexity index is 900. The van der Waals surface area contributed by atoms with E-state index in [4.69, 9.17) is 9.47 Å². The van der Waals surface area contributed by atoms with E-state index in [-0.39, 0.29) is 18.2 Å². The molecule has 0 spiro atoms. The molecule has 0 fully saturated rings. The van der Waals surface area contributed by atoms with Crippen LogP contribution >= 0.6 is 12.4 Å². The molecule has 0 aromatic heterocycles. The predicted octanol–water partition coefficient (Wildman–Crippen LogP) is 5.48. The number of ether oxygens (including phenoxy) is 2. The summed E-state index contributed by atoms with van der Waals surface area (Å²) in [5.74, 6) is 1.26. The van der Waals surface area contributed by atoms with Crippen molar-refractivity contribution in [3.05, 3.63) is 94.8 Å². The van der Waals surface area contributed by atoms with Crippen LogP contribution in [0.15, 0.2) is 66.7 Å². The van der Waals surface area contributed by atoms with Crippen LogP contribution in [0.4, 0.5) is 4.39 Å². The molecule has 0 unspecified atom stereocenters. The molecule has 0 aliphatic rings. The van der Waals surface area contributed by atoms with Gasteiger partial charge in [-0.25, -0.2) is 4.39 Å². The predicted molar refractivity (Wildman–Crippen MR) is 118 cm³/mol. The van der Waals surface area contributed by atoms with E-state index in [0.717, 1.165) is 47.7 Å². The maximum absolute atomic E-state index is 12.9. The normalized spacial score (nSPS) is 10.3. The lowest BCUT2D eigenvalue weighted by atomic mass is 10.1. The Kier molecular flexibility index (Phi) is 8.97. The zero-order chi connectivity index (χ0) is 19.8. The first kappa shape index (κ1) is 22.7. The third-order valence-corrected chi connectivity index (χ3v) is 4.54. The van der Waals surface area contributed by atoms with Gasteiger partial charge in [0.25, 0.3) is 0 Å². The van der Waals surface area contributed by atoms with Crippen molar-refractivity contribution in [1.29, 1.82) is 0 Å². The topological polar surface area (TPSA) is 30.5 Å². The summed E-state index contributed by atoms with van der Waals surface area (Å²) in [6.45, 7) is 4.13. The summed E-state index contributed by atoms with van der Waals surface area (Å²) in [6, 6.07) is 20.9. The van der Waals surface area contributed by atoms with Crippen LogP contribution in [0.1, 0.15) is 22.3 Å². The lowest BCUT2D eigenvalue weighted by Gasteiger charge is -2.13. The molecule has 0 radical (unpaired) electrons. The molecule has 3 nitrogen and oxygen atoms in total. The molecule has 0 bridgehead atoms. The smallest absolute Gasteiger partial charge is 0.161 e. The Morgan fingerprint density at radius 1 is 0.862 bits per heavy atom. The van der Waals surface area contributed by atoms with Crippen molar-refractivity contribution in [1.82, 2.24) is 5.32 Å². The Hall–Kier alpha value is -2.56. The van der Waals surface area contributed by atoms with E-state index in [1.54, 1.807) is 7.11 Å². The second kappa shape index (κ2) is 11.4. The van der Waals surface area contributed by atoms with E-state index < -0.39 is 0 Å². The molecule has 0 amide bonds. The lowest BCUT2D eigenvalue weighted by Crippen LogP contribution is -2.16. The number of hydrogen-bond acceptors (Lipinski definition) is 3. The van der Waals surface area contributed by atoms with Crippen molar-refractivity contribution in [3.8, 4) is 11.5 Å². The van der Waals surface area contributed by atoms with Gasteiger partial charge in [0.15, 0.2) is 11.5 Å².